The first-order chi connectivity index (χ1) is 8.85. The SMILES string of the molecule is CC(CS(C)(=O)=O)NCc1cc(Cl)c2c(c1)OCO2. The molecule has 0 saturated carbocycles. The van der Waals surface area contributed by atoms with Crippen molar-refractivity contribution in [3.05, 3.63) is 22.7 Å². The molecule has 7 heteroatoms. The maximum absolute atomic E-state index is 11.2. The monoisotopic (exact) mass is 305 g/mol. The summed E-state index contributed by atoms with van der Waals surface area (Å²) in [4.78, 5) is 0. The number of hydrogen-bond acceptors (Lipinski definition) is 5. The minimum absolute atomic E-state index is 0.102. The fourth-order valence-corrected chi connectivity index (χ4v) is 3.24. The summed E-state index contributed by atoms with van der Waals surface area (Å²) >= 11 is 6.07. The molecular formula is C12H16ClNO4S. The molecule has 2 rings (SSSR count). The van der Waals surface area contributed by atoms with E-state index in [4.69, 9.17) is 21.1 Å². The minimum Gasteiger partial charge on any atom is -0.454 e. The van der Waals surface area contributed by atoms with Crippen LogP contribution < -0.4 is 14.8 Å². The van der Waals surface area contributed by atoms with Gasteiger partial charge in [-0.15, -0.1) is 0 Å². The topological polar surface area (TPSA) is 64.6 Å². The van der Waals surface area contributed by atoms with E-state index in [1.165, 1.54) is 6.26 Å². The quantitative estimate of drug-likeness (QED) is 0.895. The standard InChI is InChI=1S/C12H16ClNO4S/c1-8(6-19(2,15)16)14-5-9-3-10(13)12-11(4-9)17-7-18-12/h3-4,8,14H,5-7H2,1-2H3. The Hall–Kier alpha value is -0.980. The second kappa shape index (κ2) is 5.56. The van der Waals surface area contributed by atoms with E-state index in [1.807, 2.05) is 13.0 Å². The fraction of sp³-hybridized carbons (Fsp3) is 0.500. The molecule has 1 unspecified atom stereocenters. The van der Waals surface area contributed by atoms with E-state index in [0.717, 1.165) is 5.56 Å². The molecule has 0 spiro atoms. The third-order valence-electron chi connectivity index (χ3n) is 2.69. The highest BCUT2D eigenvalue weighted by Gasteiger charge is 2.18. The van der Waals surface area contributed by atoms with Crippen LogP contribution in [-0.2, 0) is 16.4 Å². The second-order valence-corrected chi connectivity index (χ2v) is 7.28. The highest BCUT2D eigenvalue weighted by Crippen LogP contribution is 2.39. The Morgan fingerprint density at radius 3 is 2.84 bits per heavy atom. The van der Waals surface area contributed by atoms with Crippen LogP contribution in [0.5, 0.6) is 11.5 Å². The van der Waals surface area contributed by atoms with Crippen molar-refractivity contribution in [1.82, 2.24) is 5.32 Å². The van der Waals surface area contributed by atoms with Crippen molar-refractivity contribution in [2.24, 2.45) is 0 Å². The molecule has 1 heterocycles. The Kier molecular flexibility index (Phi) is 4.23. The van der Waals surface area contributed by atoms with Gasteiger partial charge in [-0.25, -0.2) is 8.42 Å². The third-order valence-corrected chi connectivity index (χ3v) is 4.08. The van der Waals surface area contributed by atoms with Crippen LogP contribution >= 0.6 is 11.6 Å². The average Bonchev–Trinajstić information content (AvgIpc) is 2.72. The zero-order chi connectivity index (χ0) is 14.0. The third kappa shape index (κ3) is 3.99. The summed E-state index contributed by atoms with van der Waals surface area (Å²) in [5.74, 6) is 1.29. The van der Waals surface area contributed by atoms with Gasteiger partial charge in [-0.3, -0.25) is 0 Å². The van der Waals surface area contributed by atoms with E-state index in [1.54, 1.807) is 6.07 Å². The van der Waals surface area contributed by atoms with Gasteiger partial charge in [0, 0.05) is 18.8 Å². The van der Waals surface area contributed by atoms with E-state index in [-0.39, 0.29) is 18.6 Å². The lowest BCUT2D eigenvalue weighted by molar-refractivity contribution is 0.174. The summed E-state index contributed by atoms with van der Waals surface area (Å²) in [5.41, 5.74) is 0.926. The van der Waals surface area contributed by atoms with Crippen LogP contribution in [0.2, 0.25) is 5.02 Å². The average molecular weight is 306 g/mol. The molecule has 1 N–H and O–H groups in total. The van der Waals surface area contributed by atoms with Gasteiger partial charge in [0.05, 0.1) is 10.8 Å². The molecule has 0 radical (unpaired) electrons. The molecule has 0 fully saturated rings. The predicted octanol–water partition coefficient (Wildman–Crippen LogP) is 1.59. The fourth-order valence-electron chi connectivity index (χ4n) is 1.93. The normalized spacial score (nSPS) is 15.5. The van der Waals surface area contributed by atoms with Crippen LogP contribution in [-0.4, -0.2) is 33.3 Å². The van der Waals surface area contributed by atoms with E-state index >= 15 is 0 Å². The number of nitrogens with one attached hydrogen (secondary N) is 1. The van der Waals surface area contributed by atoms with E-state index in [9.17, 15) is 8.42 Å². The molecule has 106 valence electrons. The molecule has 1 aliphatic rings. The van der Waals surface area contributed by atoms with E-state index < -0.39 is 9.84 Å². The maximum Gasteiger partial charge on any atom is 0.231 e. The number of rotatable bonds is 5. The van der Waals surface area contributed by atoms with E-state index in [0.29, 0.717) is 23.1 Å². The molecule has 1 aromatic rings. The zero-order valence-electron chi connectivity index (χ0n) is 10.8. The number of fused-ring (bicyclic) bond motifs is 1. The molecule has 0 aliphatic carbocycles. The number of halogens is 1. The van der Waals surface area contributed by atoms with Gasteiger partial charge in [0.15, 0.2) is 11.5 Å². The van der Waals surface area contributed by atoms with Crippen LogP contribution in [0, 0.1) is 0 Å². The van der Waals surface area contributed by atoms with Gasteiger partial charge in [0.1, 0.15) is 9.84 Å². The zero-order valence-corrected chi connectivity index (χ0v) is 12.3. The molecule has 5 nitrogen and oxygen atoms in total. The van der Waals surface area contributed by atoms with E-state index in [2.05, 4.69) is 5.32 Å². The van der Waals surface area contributed by atoms with Gasteiger partial charge in [-0.1, -0.05) is 11.6 Å². The molecule has 0 amide bonds. The van der Waals surface area contributed by atoms with Crippen LogP contribution in [0.3, 0.4) is 0 Å². The summed E-state index contributed by atoms with van der Waals surface area (Å²) in [6, 6.07) is 3.50. The van der Waals surface area contributed by atoms with Crippen molar-refractivity contribution in [2.75, 3.05) is 18.8 Å². The summed E-state index contributed by atoms with van der Waals surface area (Å²) in [6.45, 7) is 2.53. The number of sulfone groups is 1. The molecule has 0 bridgehead atoms. The Morgan fingerprint density at radius 2 is 2.16 bits per heavy atom. The van der Waals surface area contributed by atoms with Gasteiger partial charge in [0.25, 0.3) is 0 Å². The minimum atomic E-state index is -2.98. The number of hydrogen-bond donors (Lipinski definition) is 1. The first kappa shape index (κ1) is 14.4. The maximum atomic E-state index is 11.2. The van der Waals surface area contributed by atoms with Gasteiger partial charge in [-0.05, 0) is 24.6 Å². The van der Waals surface area contributed by atoms with Crippen LogP contribution in [0.25, 0.3) is 0 Å². The molecule has 19 heavy (non-hydrogen) atoms. The largest absolute Gasteiger partial charge is 0.454 e. The summed E-state index contributed by atoms with van der Waals surface area (Å²) in [5, 5.41) is 3.64. The van der Waals surface area contributed by atoms with Gasteiger partial charge in [-0.2, -0.15) is 0 Å². The molecule has 1 aromatic carbocycles. The second-order valence-electron chi connectivity index (χ2n) is 4.69. The van der Waals surface area contributed by atoms with Gasteiger partial charge in [0.2, 0.25) is 6.79 Å². The van der Waals surface area contributed by atoms with Crippen molar-refractivity contribution >= 4 is 21.4 Å². The highest BCUT2D eigenvalue weighted by molar-refractivity contribution is 7.90. The van der Waals surface area contributed by atoms with Gasteiger partial charge >= 0.3 is 0 Å². The summed E-state index contributed by atoms with van der Waals surface area (Å²) < 4.78 is 32.8. The van der Waals surface area contributed by atoms with Crippen LogP contribution in [0.15, 0.2) is 12.1 Å². The Morgan fingerprint density at radius 1 is 1.42 bits per heavy atom. The molecule has 1 aliphatic heterocycles. The first-order valence-corrected chi connectivity index (χ1v) is 8.28. The Balaban J connectivity index is 1.99. The van der Waals surface area contributed by atoms with Crippen molar-refractivity contribution in [3.63, 3.8) is 0 Å². The Bertz CT molecular complexity index is 573. The molecule has 0 aromatic heterocycles. The lowest BCUT2D eigenvalue weighted by Gasteiger charge is -2.13. The lowest BCUT2D eigenvalue weighted by atomic mass is 10.2. The lowest BCUT2D eigenvalue weighted by Crippen LogP contribution is -2.32. The summed E-state index contributed by atoms with van der Waals surface area (Å²) in [7, 11) is -2.98. The van der Waals surface area contributed by atoms with Gasteiger partial charge < -0.3 is 14.8 Å². The Labute approximate surface area is 117 Å². The van der Waals surface area contributed by atoms with Crippen molar-refractivity contribution in [1.29, 1.82) is 0 Å². The predicted molar refractivity (Wildman–Crippen MR) is 73.6 cm³/mol. The highest BCUT2D eigenvalue weighted by atomic mass is 35.5. The smallest absolute Gasteiger partial charge is 0.231 e. The van der Waals surface area contributed by atoms with Crippen molar-refractivity contribution in [3.8, 4) is 11.5 Å². The molecular weight excluding hydrogens is 290 g/mol. The van der Waals surface area contributed by atoms with Crippen molar-refractivity contribution < 1.29 is 17.9 Å². The summed E-state index contributed by atoms with van der Waals surface area (Å²) in [6.07, 6.45) is 1.22. The molecule has 1 atom stereocenters. The number of benzene rings is 1. The first-order valence-electron chi connectivity index (χ1n) is 5.84. The van der Waals surface area contributed by atoms with Crippen LogP contribution in [0.4, 0.5) is 0 Å². The van der Waals surface area contributed by atoms with Crippen LogP contribution in [0.1, 0.15) is 12.5 Å². The number of ether oxygens (including phenoxy) is 2. The van der Waals surface area contributed by atoms with Crippen molar-refractivity contribution in [2.45, 2.75) is 19.5 Å². The molecule has 0 saturated heterocycles.